The second-order valence-corrected chi connectivity index (χ2v) is 5.11. The first-order valence-corrected chi connectivity index (χ1v) is 6.95. The smallest absolute Gasteiger partial charge is 0.371 e. The molecule has 1 aromatic rings. The van der Waals surface area contributed by atoms with E-state index in [-0.39, 0.29) is 23.2 Å². The Morgan fingerprint density at radius 1 is 1.44 bits per heavy atom. The Morgan fingerprint density at radius 3 is 2.72 bits per heavy atom. The van der Waals surface area contributed by atoms with Crippen LogP contribution in [0, 0.1) is 0 Å². The van der Waals surface area contributed by atoms with Gasteiger partial charge in [-0.2, -0.15) is 0 Å². The number of carboxylic acids is 1. The largest absolute Gasteiger partial charge is 0.475 e. The summed E-state index contributed by atoms with van der Waals surface area (Å²) < 4.78 is 16.6. The summed E-state index contributed by atoms with van der Waals surface area (Å²) in [5.74, 6) is -1.42. The van der Waals surface area contributed by atoms with Crippen molar-refractivity contribution >= 4 is 22.7 Å². The van der Waals surface area contributed by atoms with Gasteiger partial charge in [-0.25, -0.2) is 4.79 Å². The molecule has 1 heterocycles. The van der Waals surface area contributed by atoms with Crippen LogP contribution in [0.5, 0.6) is 0 Å². The number of rotatable bonds is 7. The van der Waals surface area contributed by atoms with Crippen molar-refractivity contribution in [3.05, 3.63) is 23.7 Å². The van der Waals surface area contributed by atoms with Crippen molar-refractivity contribution in [1.82, 2.24) is 5.32 Å². The highest BCUT2D eigenvalue weighted by Crippen LogP contribution is 2.10. The number of carboxylic acid groups (broad SMARTS) is 1. The minimum absolute atomic E-state index is 0.0345. The molecule has 0 saturated carbocycles. The van der Waals surface area contributed by atoms with Gasteiger partial charge in [0, 0.05) is 17.3 Å². The minimum atomic E-state index is -1.40. The Balaban J connectivity index is 2.44. The quantitative estimate of drug-likeness (QED) is 0.764. The Labute approximate surface area is 107 Å². The van der Waals surface area contributed by atoms with Crippen LogP contribution < -0.4 is 5.32 Å². The molecule has 0 aromatic carbocycles. The van der Waals surface area contributed by atoms with Crippen LogP contribution >= 0.6 is 0 Å². The lowest BCUT2D eigenvalue weighted by Crippen LogP contribution is -2.29. The molecular weight excluding hydrogens is 258 g/mol. The fourth-order valence-corrected chi connectivity index (χ4v) is 2.21. The zero-order chi connectivity index (χ0) is 13.5. The van der Waals surface area contributed by atoms with Gasteiger partial charge in [-0.1, -0.05) is 6.92 Å². The van der Waals surface area contributed by atoms with E-state index in [1.807, 2.05) is 6.92 Å². The zero-order valence-electron chi connectivity index (χ0n) is 9.97. The molecule has 6 nitrogen and oxygen atoms in total. The number of nitrogens with one attached hydrogen (secondary N) is 1. The van der Waals surface area contributed by atoms with Crippen molar-refractivity contribution in [2.45, 2.75) is 19.1 Å². The van der Waals surface area contributed by atoms with E-state index in [0.29, 0.717) is 12.3 Å². The molecule has 0 radical (unpaired) electrons. The molecule has 2 N–H and O–H groups in total. The number of hydrogen-bond acceptors (Lipinski definition) is 4. The van der Waals surface area contributed by atoms with Crippen molar-refractivity contribution in [2.75, 3.05) is 12.3 Å². The Morgan fingerprint density at radius 2 is 2.17 bits per heavy atom. The van der Waals surface area contributed by atoms with E-state index in [1.54, 1.807) is 0 Å². The molecule has 0 aliphatic rings. The number of furan rings is 1. The van der Waals surface area contributed by atoms with Gasteiger partial charge in [0.25, 0.3) is 0 Å². The first kappa shape index (κ1) is 14.4. The van der Waals surface area contributed by atoms with E-state index in [0.717, 1.165) is 6.42 Å². The summed E-state index contributed by atoms with van der Waals surface area (Å²) >= 11 is 0. The van der Waals surface area contributed by atoms with Gasteiger partial charge in [0.15, 0.2) is 0 Å². The molecule has 1 amide bonds. The fourth-order valence-electron chi connectivity index (χ4n) is 1.24. The first-order chi connectivity index (χ1) is 8.52. The van der Waals surface area contributed by atoms with Gasteiger partial charge < -0.3 is 14.8 Å². The monoisotopic (exact) mass is 273 g/mol. The van der Waals surface area contributed by atoms with Crippen LogP contribution in [-0.2, 0) is 21.3 Å². The van der Waals surface area contributed by atoms with Crippen molar-refractivity contribution in [3.8, 4) is 0 Å². The SMILES string of the molecule is CCCNC(=O)CS(=O)Cc1ccc(C(=O)O)o1. The highest BCUT2D eigenvalue weighted by Gasteiger charge is 2.13. The first-order valence-electron chi connectivity index (χ1n) is 5.46. The third kappa shape index (κ3) is 4.70. The Kier molecular flexibility index (Phi) is 5.57. The van der Waals surface area contributed by atoms with Crippen LogP contribution in [-0.4, -0.2) is 33.5 Å². The number of carbonyl (C=O) groups excluding carboxylic acids is 1. The zero-order valence-corrected chi connectivity index (χ0v) is 10.8. The molecule has 100 valence electrons. The maximum absolute atomic E-state index is 11.6. The van der Waals surface area contributed by atoms with Crippen molar-refractivity contribution in [3.63, 3.8) is 0 Å². The van der Waals surface area contributed by atoms with Crippen LogP contribution in [0.25, 0.3) is 0 Å². The van der Waals surface area contributed by atoms with E-state index in [4.69, 9.17) is 9.52 Å². The Bertz CT molecular complexity index is 454. The molecule has 0 aliphatic carbocycles. The molecule has 0 spiro atoms. The fraction of sp³-hybridized carbons (Fsp3) is 0.455. The van der Waals surface area contributed by atoms with Crippen molar-refractivity contribution in [2.24, 2.45) is 0 Å². The average molecular weight is 273 g/mol. The maximum atomic E-state index is 11.6. The van der Waals surface area contributed by atoms with Gasteiger partial charge in [-0.15, -0.1) is 0 Å². The van der Waals surface area contributed by atoms with Gasteiger partial charge in [0.1, 0.15) is 11.5 Å². The van der Waals surface area contributed by atoms with Crippen LogP contribution in [0.2, 0.25) is 0 Å². The van der Waals surface area contributed by atoms with E-state index in [2.05, 4.69) is 5.32 Å². The minimum Gasteiger partial charge on any atom is -0.475 e. The van der Waals surface area contributed by atoms with Gasteiger partial charge in [-0.05, 0) is 18.6 Å². The van der Waals surface area contributed by atoms with Gasteiger partial charge in [0.2, 0.25) is 11.7 Å². The summed E-state index contributed by atoms with van der Waals surface area (Å²) in [6.07, 6.45) is 0.818. The predicted molar refractivity (Wildman–Crippen MR) is 65.7 cm³/mol. The van der Waals surface area contributed by atoms with E-state index in [1.165, 1.54) is 12.1 Å². The summed E-state index contributed by atoms with van der Waals surface area (Å²) in [4.78, 5) is 21.8. The molecular formula is C11H15NO5S. The average Bonchev–Trinajstić information content (AvgIpc) is 2.74. The van der Waals surface area contributed by atoms with Gasteiger partial charge in [-0.3, -0.25) is 9.00 Å². The molecule has 1 unspecified atom stereocenters. The number of amides is 1. The molecule has 1 rings (SSSR count). The predicted octanol–water partition coefficient (Wildman–Crippen LogP) is 0.753. The van der Waals surface area contributed by atoms with Crippen molar-refractivity contribution in [1.29, 1.82) is 0 Å². The topological polar surface area (TPSA) is 96.6 Å². The lowest BCUT2D eigenvalue weighted by atomic mass is 10.4. The van der Waals surface area contributed by atoms with Crippen LogP contribution in [0.15, 0.2) is 16.5 Å². The third-order valence-electron chi connectivity index (χ3n) is 2.04. The molecule has 0 saturated heterocycles. The summed E-state index contributed by atoms with van der Waals surface area (Å²) in [5, 5.41) is 11.3. The molecule has 0 fully saturated rings. The summed E-state index contributed by atoms with van der Waals surface area (Å²) in [6, 6.07) is 2.75. The lowest BCUT2D eigenvalue weighted by molar-refractivity contribution is -0.118. The molecule has 1 aromatic heterocycles. The number of aromatic carboxylic acids is 1. The second-order valence-electron chi connectivity index (χ2n) is 3.65. The van der Waals surface area contributed by atoms with E-state index in [9.17, 15) is 13.8 Å². The van der Waals surface area contributed by atoms with Gasteiger partial charge in [0.05, 0.1) is 5.75 Å². The van der Waals surface area contributed by atoms with Gasteiger partial charge >= 0.3 is 5.97 Å². The van der Waals surface area contributed by atoms with Crippen LogP contribution in [0.4, 0.5) is 0 Å². The highest BCUT2D eigenvalue weighted by atomic mass is 32.2. The highest BCUT2D eigenvalue weighted by molar-refractivity contribution is 7.84. The maximum Gasteiger partial charge on any atom is 0.371 e. The second kappa shape index (κ2) is 6.95. The third-order valence-corrected chi connectivity index (χ3v) is 3.23. The Hall–Kier alpha value is -1.63. The van der Waals surface area contributed by atoms with E-state index >= 15 is 0 Å². The normalized spacial score (nSPS) is 12.1. The van der Waals surface area contributed by atoms with Crippen LogP contribution in [0.3, 0.4) is 0 Å². The molecule has 0 bridgehead atoms. The summed E-state index contributed by atoms with van der Waals surface area (Å²) in [6.45, 7) is 2.48. The molecule has 7 heteroatoms. The van der Waals surface area contributed by atoms with E-state index < -0.39 is 16.8 Å². The summed E-state index contributed by atoms with van der Waals surface area (Å²) in [5.41, 5.74) is 0. The standard InChI is InChI=1S/C11H15NO5S/c1-2-5-12-10(13)7-18(16)6-8-3-4-9(17-8)11(14)15/h3-4H,2,5-7H2,1H3,(H,12,13)(H,14,15). The van der Waals surface area contributed by atoms with Crippen LogP contribution in [0.1, 0.15) is 29.7 Å². The van der Waals surface area contributed by atoms with Crippen molar-refractivity contribution < 1.29 is 23.3 Å². The lowest BCUT2D eigenvalue weighted by Gasteiger charge is -2.02. The number of hydrogen-bond donors (Lipinski definition) is 2. The molecule has 1 atom stereocenters. The molecule has 0 aliphatic heterocycles. The molecule has 18 heavy (non-hydrogen) atoms. The number of carbonyl (C=O) groups is 2. The summed E-state index contributed by atoms with van der Waals surface area (Å²) in [7, 11) is -1.40.